The van der Waals surface area contributed by atoms with Crippen LogP contribution in [0.5, 0.6) is 0 Å². The van der Waals surface area contributed by atoms with E-state index in [0.29, 0.717) is 23.7 Å². The first-order chi connectivity index (χ1) is 6.59. The van der Waals surface area contributed by atoms with E-state index in [1.807, 2.05) is 0 Å². The number of benzene rings is 1. The van der Waals surface area contributed by atoms with Gasteiger partial charge in [0.2, 0.25) is 0 Å². The lowest BCUT2D eigenvalue weighted by atomic mass is 10.2. The Bertz CT molecular complexity index is 341. The van der Waals surface area contributed by atoms with Gasteiger partial charge in [-0.1, -0.05) is 34.1 Å². The van der Waals surface area contributed by atoms with Crippen LogP contribution in [0.1, 0.15) is 5.56 Å². The Kier molecular flexibility index (Phi) is 4.58. The smallest absolute Gasteiger partial charge is 0.127 e. The van der Waals surface area contributed by atoms with Gasteiger partial charge < -0.3 is 5.32 Å². The van der Waals surface area contributed by atoms with Crippen molar-refractivity contribution in [3.05, 3.63) is 45.7 Å². The van der Waals surface area contributed by atoms with Crippen LogP contribution in [-0.4, -0.2) is 6.54 Å². The Balaban J connectivity index is 2.57. The predicted molar refractivity (Wildman–Crippen MR) is 61.2 cm³/mol. The predicted octanol–water partition coefficient (Wildman–Crippen LogP) is 3.48. The summed E-state index contributed by atoms with van der Waals surface area (Å²) in [6.45, 7) is 4.71. The summed E-state index contributed by atoms with van der Waals surface area (Å²) in [6, 6.07) is 4.51. The van der Waals surface area contributed by atoms with E-state index in [9.17, 15) is 4.39 Å². The van der Waals surface area contributed by atoms with Gasteiger partial charge in [0.05, 0.1) is 0 Å². The van der Waals surface area contributed by atoms with Crippen molar-refractivity contribution in [3.63, 3.8) is 0 Å². The molecule has 0 atom stereocenters. The van der Waals surface area contributed by atoms with Crippen molar-refractivity contribution in [2.24, 2.45) is 0 Å². The quantitative estimate of drug-likeness (QED) is 0.889. The highest BCUT2D eigenvalue weighted by molar-refractivity contribution is 9.11. The Morgan fingerprint density at radius 2 is 2.29 bits per heavy atom. The van der Waals surface area contributed by atoms with Crippen LogP contribution in [0.2, 0.25) is 5.02 Å². The zero-order valence-corrected chi connectivity index (χ0v) is 9.83. The van der Waals surface area contributed by atoms with Gasteiger partial charge in [-0.15, -0.1) is 0 Å². The third-order valence-corrected chi connectivity index (χ3v) is 2.16. The van der Waals surface area contributed by atoms with Gasteiger partial charge in [0.1, 0.15) is 5.82 Å². The number of hydrogen-bond acceptors (Lipinski definition) is 1. The zero-order valence-electron chi connectivity index (χ0n) is 7.49. The van der Waals surface area contributed by atoms with Gasteiger partial charge in [-0.2, -0.15) is 0 Å². The van der Waals surface area contributed by atoms with E-state index in [2.05, 4.69) is 27.8 Å². The van der Waals surface area contributed by atoms with Crippen molar-refractivity contribution < 1.29 is 4.39 Å². The van der Waals surface area contributed by atoms with Crippen LogP contribution >= 0.6 is 27.5 Å². The molecule has 4 heteroatoms. The van der Waals surface area contributed by atoms with Crippen molar-refractivity contribution in [3.8, 4) is 0 Å². The number of nitrogens with one attached hydrogen (secondary N) is 1. The fraction of sp³-hybridized carbons (Fsp3) is 0.200. The normalized spacial score (nSPS) is 10.2. The first-order valence-electron chi connectivity index (χ1n) is 4.07. The molecule has 0 aromatic heterocycles. The molecular weight excluding hydrogens is 268 g/mol. The van der Waals surface area contributed by atoms with Crippen LogP contribution < -0.4 is 5.32 Å². The minimum Gasteiger partial charge on any atom is -0.308 e. The van der Waals surface area contributed by atoms with Gasteiger partial charge in [-0.25, -0.2) is 4.39 Å². The van der Waals surface area contributed by atoms with E-state index in [-0.39, 0.29) is 5.82 Å². The maximum Gasteiger partial charge on any atom is 0.127 e. The fourth-order valence-electron chi connectivity index (χ4n) is 1.01. The van der Waals surface area contributed by atoms with Gasteiger partial charge >= 0.3 is 0 Å². The standard InChI is InChI=1S/C10H10BrClFN/c1-7(11)5-14-6-8-4-9(12)2-3-10(8)13/h2-4,14H,1,5-6H2. The zero-order chi connectivity index (χ0) is 10.6. The van der Waals surface area contributed by atoms with Crippen LogP contribution in [-0.2, 0) is 6.54 Å². The second-order valence-corrected chi connectivity index (χ2v) is 4.41. The van der Waals surface area contributed by atoms with Crippen molar-refractivity contribution in [2.45, 2.75) is 6.54 Å². The average molecular weight is 279 g/mol. The molecule has 1 rings (SSSR count). The van der Waals surface area contributed by atoms with Crippen LogP contribution in [0.15, 0.2) is 29.3 Å². The lowest BCUT2D eigenvalue weighted by Crippen LogP contribution is -2.15. The molecule has 76 valence electrons. The Hall–Kier alpha value is -0.380. The molecule has 0 aliphatic carbocycles. The van der Waals surface area contributed by atoms with E-state index in [0.717, 1.165) is 4.48 Å². The molecule has 1 nitrogen and oxygen atoms in total. The lowest BCUT2D eigenvalue weighted by Gasteiger charge is -2.05. The number of hydrogen-bond donors (Lipinski definition) is 1. The van der Waals surface area contributed by atoms with Gasteiger partial charge in [0.15, 0.2) is 0 Å². The van der Waals surface area contributed by atoms with Crippen LogP contribution in [0.4, 0.5) is 4.39 Å². The van der Waals surface area contributed by atoms with E-state index in [1.165, 1.54) is 12.1 Å². The average Bonchev–Trinajstić information content (AvgIpc) is 2.10. The van der Waals surface area contributed by atoms with Crippen LogP contribution in [0.3, 0.4) is 0 Å². The minimum atomic E-state index is -0.248. The first-order valence-corrected chi connectivity index (χ1v) is 5.24. The Labute approximate surface area is 96.1 Å². The van der Waals surface area contributed by atoms with Crippen LogP contribution in [0, 0.1) is 5.82 Å². The molecule has 0 saturated heterocycles. The van der Waals surface area contributed by atoms with E-state index < -0.39 is 0 Å². The first kappa shape index (κ1) is 11.7. The second kappa shape index (κ2) is 5.49. The molecule has 0 amide bonds. The fourth-order valence-corrected chi connectivity index (χ4v) is 1.40. The summed E-state index contributed by atoms with van der Waals surface area (Å²) < 4.78 is 14.0. The van der Waals surface area contributed by atoms with Gasteiger partial charge in [0.25, 0.3) is 0 Å². The largest absolute Gasteiger partial charge is 0.308 e. The van der Waals surface area contributed by atoms with Crippen molar-refractivity contribution in [1.29, 1.82) is 0 Å². The van der Waals surface area contributed by atoms with E-state index in [4.69, 9.17) is 11.6 Å². The molecule has 0 unspecified atom stereocenters. The highest BCUT2D eigenvalue weighted by Gasteiger charge is 2.01. The van der Waals surface area contributed by atoms with Gasteiger partial charge in [-0.05, 0) is 18.2 Å². The van der Waals surface area contributed by atoms with Crippen LogP contribution in [0.25, 0.3) is 0 Å². The Morgan fingerprint density at radius 1 is 1.57 bits per heavy atom. The third kappa shape index (κ3) is 3.78. The molecule has 1 N–H and O–H groups in total. The highest BCUT2D eigenvalue weighted by atomic mass is 79.9. The summed E-state index contributed by atoms with van der Waals surface area (Å²) in [5, 5.41) is 3.57. The summed E-state index contributed by atoms with van der Waals surface area (Å²) >= 11 is 8.94. The van der Waals surface area contributed by atoms with Crippen molar-refractivity contribution >= 4 is 27.5 Å². The van der Waals surface area contributed by atoms with Gasteiger partial charge in [0, 0.05) is 28.2 Å². The molecule has 0 radical (unpaired) electrons. The van der Waals surface area contributed by atoms with E-state index >= 15 is 0 Å². The SMILES string of the molecule is C=C(Br)CNCc1cc(Cl)ccc1F. The highest BCUT2D eigenvalue weighted by Crippen LogP contribution is 2.14. The number of rotatable bonds is 4. The molecule has 0 fully saturated rings. The summed E-state index contributed by atoms with van der Waals surface area (Å²) in [4.78, 5) is 0. The van der Waals surface area contributed by atoms with Crippen molar-refractivity contribution in [2.75, 3.05) is 6.54 Å². The molecule has 0 bridgehead atoms. The summed E-state index contributed by atoms with van der Waals surface area (Å²) in [5.74, 6) is -0.248. The molecule has 1 aromatic rings. The Morgan fingerprint density at radius 3 is 2.93 bits per heavy atom. The molecule has 0 saturated carbocycles. The van der Waals surface area contributed by atoms with E-state index in [1.54, 1.807) is 6.07 Å². The summed E-state index contributed by atoms with van der Waals surface area (Å²) in [5.41, 5.74) is 0.561. The van der Waals surface area contributed by atoms with Crippen molar-refractivity contribution in [1.82, 2.24) is 5.32 Å². The van der Waals surface area contributed by atoms with Gasteiger partial charge in [-0.3, -0.25) is 0 Å². The minimum absolute atomic E-state index is 0.248. The molecule has 0 spiro atoms. The summed E-state index contributed by atoms with van der Waals surface area (Å²) in [6.07, 6.45) is 0. The molecule has 14 heavy (non-hydrogen) atoms. The molecule has 0 aliphatic heterocycles. The number of halogens is 3. The topological polar surface area (TPSA) is 12.0 Å². The molecular formula is C10H10BrClFN. The summed E-state index contributed by atoms with van der Waals surface area (Å²) in [7, 11) is 0. The maximum absolute atomic E-state index is 13.2. The third-order valence-electron chi connectivity index (χ3n) is 1.64. The second-order valence-electron chi connectivity index (χ2n) is 2.86. The maximum atomic E-state index is 13.2. The molecule has 0 aliphatic rings. The lowest BCUT2D eigenvalue weighted by molar-refractivity contribution is 0.596. The monoisotopic (exact) mass is 277 g/mol. The molecule has 0 heterocycles. The molecule has 1 aromatic carbocycles.